The summed E-state index contributed by atoms with van der Waals surface area (Å²) in [6.07, 6.45) is 11.4. The minimum Gasteiger partial charge on any atom is -0.492 e. The van der Waals surface area contributed by atoms with E-state index in [2.05, 4.69) is 27.6 Å². The van der Waals surface area contributed by atoms with E-state index < -0.39 is 11.9 Å². The van der Waals surface area contributed by atoms with E-state index in [1.165, 1.54) is 12.3 Å². The van der Waals surface area contributed by atoms with Crippen LogP contribution < -0.4 is 15.4 Å². The number of ether oxygens (including phenoxy) is 1. The van der Waals surface area contributed by atoms with Crippen molar-refractivity contribution in [2.24, 2.45) is 0 Å². The van der Waals surface area contributed by atoms with Crippen molar-refractivity contribution in [3.63, 3.8) is 0 Å². The van der Waals surface area contributed by atoms with Gasteiger partial charge >= 0.3 is 11.9 Å². The molecule has 4 N–H and O–H groups in total. The van der Waals surface area contributed by atoms with Crippen molar-refractivity contribution >= 4 is 45.8 Å². The van der Waals surface area contributed by atoms with Gasteiger partial charge in [-0.1, -0.05) is 18.1 Å². The molecule has 0 unspecified atom stereocenters. The number of hydrogen-bond acceptors (Lipinski definition) is 8. The zero-order valence-electron chi connectivity index (χ0n) is 22.7. The van der Waals surface area contributed by atoms with Crippen LogP contribution in [0.3, 0.4) is 0 Å². The molecule has 0 fully saturated rings. The molecule has 11 nitrogen and oxygen atoms in total. The van der Waals surface area contributed by atoms with Crippen LogP contribution in [-0.2, 0) is 14.4 Å². The first-order valence-electron chi connectivity index (χ1n) is 12.2. The number of hydrogen-bond donors (Lipinski definition) is 4. The topological polar surface area (TPSA) is 165 Å². The molecule has 2 aromatic carbocycles. The maximum Gasteiger partial charge on any atom is 0.328 e. The number of amides is 1. The molecule has 11 heteroatoms. The van der Waals surface area contributed by atoms with E-state index >= 15 is 0 Å². The van der Waals surface area contributed by atoms with Gasteiger partial charge in [-0.3, -0.25) is 9.78 Å². The van der Waals surface area contributed by atoms with Crippen LogP contribution in [0.1, 0.15) is 18.1 Å². The van der Waals surface area contributed by atoms with Crippen molar-refractivity contribution in [2.75, 3.05) is 37.9 Å². The summed E-state index contributed by atoms with van der Waals surface area (Å²) in [5.41, 5.74) is 3.49. The summed E-state index contributed by atoms with van der Waals surface area (Å²) >= 11 is 0. The lowest BCUT2D eigenvalue weighted by atomic mass is 10.1. The second-order valence-electron chi connectivity index (χ2n) is 8.47. The van der Waals surface area contributed by atoms with Gasteiger partial charge in [-0.2, -0.15) is 5.26 Å². The molecule has 41 heavy (non-hydrogen) atoms. The molecular formula is C30H29N5O6. The summed E-state index contributed by atoms with van der Waals surface area (Å²) in [6, 6.07) is 13.0. The zero-order valence-corrected chi connectivity index (χ0v) is 22.7. The van der Waals surface area contributed by atoms with E-state index in [0.29, 0.717) is 64.5 Å². The number of terminal acetylenes is 1. The van der Waals surface area contributed by atoms with Crippen LogP contribution in [0.5, 0.6) is 5.75 Å². The van der Waals surface area contributed by atoms with Crippen molar-refractivity contribution in [1.29, 1.82) is 5.26 Å². The molecule has 1 aromatic heterocycles. The highest BCUT2D eigenvalue weighted by atomic mass is 16.5. The molecule has 0 radical (unpaired) electrons. The average Bonchev–Trinajstić information content (AvgIpc) is 2.93. The quantitative estimate of drug-likeness (QED) is 0.212. The molecule has 0 aliphatic rings. The molecule has 1 heterocycles. The van der Waals surface area contributed by atoms with Crippen LogP contribution in [0.25, 0.3) is 10.9 Å². The zero-order chi connectivity index (χ0) is 30.4. The second kappa shape index (κ2) is 15.7. The highest BCUT2D eigenvalue weighted by molar-refractivity contribution is 6.04. The van der Waals surface area contributed by atoms with Crippen LogP contribution >= 0.6 is 0 Å². The first-order chi connectivity index (χ1) is 19.6. The van der Waals surface area contributed by atoms with Crippen LogP contribution in [0.2, 0.25) is 0 Å². The van der Waals surface area contributed by atoms with Crippen LogP contribution in [0, 0.1) is 23.7 Å². The predicted molar refractivity (Wildman–Crippen MR) is 156 cm³/mol. The molecule has 210 valence electrons. The summed E-state index contributed by atoms with van der Waals surface area (Å²) in [7, 11) is 3.85. The fourth-order valence-electron chi connectivity index (χ4n) is 3.33. The van der Waals surface area contributed by atoms with Crippen molar-refractivity contribution < 1.29 is 29.3 Å². The lowest BCUT2D eigenvalue weighted by Crippen LogP contribution is -2.13. The SMILES string of the molecule is C#Cc1cccc(Nc2c(C#N)cnc3cc(OCC)c(NC(=O)/C=C/CN(C)C)cc23)c1.O=C(O)/C=C\C(=O)O. The number of anilines is 3. The van der Waals surface area contributed by atoms with Gasteiger partial charge in [0.1, 0.15) is 11.8 Å². The third-order valence-electron chi connectivity index (χ3n) is 5.05. The third-order valence-corrected chi connectivity index (χ3v) is 5.05. The highest BCUT2D eigenvalue weighted by Gasteiger charge is 2.15. The maximum absolute atomic E-state index is 12.5. The number of benzene rings is 2. The fourth-order valence-corrected chi connectivity index (χ4v) is 3.33. The Morgan fingerprint density at radius 3 is 2.41 bits per heavy atom. The van der Waals surface area contributed by atoms with Crippen molar-refractivity contribution in [3.8, 4) is 24.2 Å². The summed E-state index contributed by atoms with van der Waals surface area (Å²) in [5, 5.41) is 32.1. The number of carbonyl (C=O) groups excluding carboxylic acids is 1. The Bertz CT molecular complexity index is 1550. The molecule has 0 saturated heterocycles. The number of nitriles is 1. The molecule has 0 aliphatic carbocycles. The summed E-state index contributed by atoms with van der Waals surface area (Å²) < 4.78 is 5.74. The van der Waals surface area contributed by atoms with Gasteiger partial charge in [0.2, 0.25) is 5.91 Å². The summed E-state index contributed by atoms with van der Waals surface area (Å²) in [6.45, 7) is 2.93. The Labute approximate surface area is 237 Å². The number of nitrogens with one attached hydrogen (secondary N) is 2. The van der Waals surface area contributed by atoms with Gasteiger partial charge in [0, 0.05) is 53.7 Å². The number of fused-ring (bicyclic) bond motifs is 1. The van der Waals surface area contributed by atoms with E-state index in [1.807, 2.05) is 50.2 Å². The molecular weight excluding hydrogens is 526 g/mol. The van der Waals surface area contributed by atoms with E-state index in [0.717, 1.165) is 5.69 Å². The molecule has 1 amide bonds. The van der Waals surface area contributed by atoms with Crippen molar-refractivity contribution in [3.05, 3.63) is 78.0 Å². The minimum absolute atomic E-state index is 0.280. The molecule has 0 aliphatic heterocycles. The van der Waals surface area contributed by atoms with Gasteiger partial charge in [0.15, 0.2) is 0 Å². The van der Waals surface area contributed by atoms with Crippen molar-refractivity contribution in [1.82, 2.24) is 9.88 Å². The largest absolute Gasteiger partial charge is 0.492 e. The second-order valence-corrected chi connectivity index (χ2v) is 8.47. The summed E-state index contributed by atoms with van der Waals surface area (Å²) in [5.74, 6) is 0.307. The Kier molecular flexibility index (Phi) is 12.1. The van der Waals surface area contributed by atoms with Gasteiger partial charge in [0.05, 0.1) is 29.1 Å². The van der Waals surface area contributed by atoms with E-state index in [9.17, 15) is 19.6 Å². The molecule has 0 atom stereocenters. The van der Waals surface area contributed by atoms with Crippen LogP contribution in [0.4, 0.5) is 17.1 Å². The molecule has 3 rings (SSSR count). The molecule has 0 spiro atoms. The van der Waals surface area contributed by atoms with Crippen molar-refractivity contribution in [2.45, 2.75) is 6.92 Å². The minimum atomic E-state index is -1.26. The molecule has 3 aromatic rings. The summed E-state index contributed by atoms with van der Waals surface area (Å²) in [4.78, 5) is 38.0. The lowest BCUT2D eigenvalue weighted by Gasteiger charge is -2.16. The fraction of sp³-hybridized carbons (Fsp3) is 0.167. The number of aromatic nitrogens is 1. The lowest BCUT2D eigenvalue weighted by molar-refractivity contribution is -0.134. The van der Waals surface area contributed by atoms with E-state index in [4.69, 9.17) is 21.4 Å². The number of carboxylic acid groups (broad SMARTS) is 2. The van der Waals surface area contributed by atoms with Gasteiger partial charge in [-0.05, 0) is 45.3 Å². The van der Waals surface area contributed by atoms with Crippen LogP contribution in [-0.4, -0.2) is 65.2 Å². The molecule has 0 bridgehead atoms. The number of rotatable bonds is 10. The van der Waals surface area contributed by atoms with E-state index in [-0.39, 0.29) is 5.91 Å². The Morgan fingerprint density at radius 1 is 1.12 bits per heavy atom. The Balaban J connectivity index is 0.000000642. The van der Waals surface area contributed by atoms with E-state index in [1.54, 1.807) is 18.2 Å². The predicted octanol–water partition coefficient (Wildman–Crippen LogP) is 4.00. The monoisotopic (exact) mass is 555 g/mol. The number of aliphatic carboxylic acids is 2. The number of pyridine rings is 1. The van der Waals surface area contributed by atoms with Crippen LogP contribution in [0.15, 0.2) is 66.9 Å². The normalized spacial score (nSPS) is 10.5. The number of carbonyl (C=O) groups is 3. The average molecular weight is 556 g/mol. The van der Waals surface area contributed by atoms with Gasteiger partial charge in [-0.25, -0.2) is 9.59 Å². The highest BCUT2D eigenvalue weighted by Crippen LogP contribution is 2.36. The number of likely N-dealkylation sites (N-methyl/N-ethyl adjacent to an activating group) is 1. The third kappa shape index (κ3) is 10.2. The molecule has 0 saturated carbocycles. The smallest absolute Gasteiger partial charge is 0.328 e. The number of carboxylic acids is 2. The Morgan fingerprint density at radius 2 is 1.83 bits per heavy atom. The standard InChI is InChI=1S/C26H25N5O2.C4H4O4/c1-5-18-9-7-10-20(13-18)29-26-19(16-27)17-28-22-15-24(33-6-2)23(14-21(22)26)30-25(32)11-8-12-31(3)4;5-3(6)1-2-4(7)8/h1,7-11,13-15,17H,6,12H2,2-4H3,(H,28,29)(H,30,32);1-2H,(H,5,6)(H,7,8)/b11-8+;2-1-. The van der Waals surface area contributed by atoms with Gasteiger partial charge < -0.3 is 30.5 Å². The van der Waals surface area contributed by atoms with Gasteiger partial charge in [0.25, 0.3) is 0 Å². The van der Waals surface area contributed by atoms with Gasteiger partial charge in [-0.15, -0.1) is 6.42 Å². The first-order valence-corrected chi connectivity index (χ1v) is 12.2. The Hall–Kier alpha value is -5.65. The number of nitrogens with zero attached hydrogens (tertiary/aromatic N) is 3. The first kappa shape index (κ1) is 31.6. The maximum atomic E-state index is 12.5.